The Morgan fingerprint density at radius 3 is 2.47 bits per heavy atom. The van der Waals surface area contributed by atoms with E-state index in [4.69, 9.17) is 0 Å². The number of hydrogen-bond acceptors (Lipinski definition) is 4. The first-order valence-electron chi connectivity index (χ1n) is 13.3. The summed E-state index contributed by atoms with van der Waals surface area (Å²) in [5.41, 5.74) is 3.60. The van der Waals surface area contributed by atoms with Crippen LogP contribution < -0.4 is 15.5 Å². The van der Waals surface area contributed by atoms with E-state index in [0.717, 1.165) is 42.9 Å². The molecule has 3 amide bonds. The summed E-state index contributed by atoms with van der Waals surface area (Å²) in [5, 5.41) is 5.99. The lowest BCUT2D eigenvalue weighted by molar-refractivity contribution is -0.130. The fourth-order valence-electron chi connectivity index (χ4n) is 5.09. The van der Waals surface area contributed by atoms with Crippen LogP contribution in [0, 0.1) is 12.8 Å². The lowest BCUT2D eigenvalue weighted by Crippen LogP contribution is -2.50. The molecular formula is C29H38N4O3. The molecule has 2 aliphatic rings. The summed E-state index contributed by atoms with van der Waals surface area (Å²) in [4.78, 5) is 43.4. The first-order valence-corrected chi connectivity index (χ1v) is 13.3. The van der Waals surface area contributed by atoms with Crippen LogP contribution in [-0.2, 0) is 9.59 Å². The van der Waals surface area contributed by atoms with Crippen LogP contribution in [0.3, 0.4) is 0 Å². The van der Waals surface area contributed by atoms with Gasteiger partial charge in [-0.2, -0.15) is 0 Å². The molecule has 2 atom stereocenters. The number of aryl methyl sites for hydroxylation is 1. The molecule has 0 aliphatic carbocycles. The molecule has 2 aliphatic heterocycles. The number of piperidine rings is 1. The van der Waals surface area contributed by atoms with Gasteiger partial charge in [0, 0.05) is 43.1 Å². The zero-order chi connectivity index (χ0) is 25.5. The number of rotatable bonds is 8. The predicted molar refractivity (Wildman–Crippen MR) is 143 cm³/mol. The first kappa shape index (κ1) is 25.7. The largest absolute Gasteiger partial charge is 0.371 e. The Balaban J connectivity index is 1.36. The van der Waals surface area contributed by atoms with Crippen molar-refractivity contribution >= 4 is 29.1 Å². The van der Waals surface area contributed by atoms with Crippen molar-refractivity contribution in [3.63, 3.8) is 0 Å². The minimum Gasteiger partial charge on any atom is -0.371 e. The van der Waals surface area contributed by atoms with Crippen LogP contribution in [0.15, 0.2) is 48.5 Å². The fourth-order valence-corrected chi connectivity index (χ4v) is 5.09. The second-order valence-electron chi connectivity index (χ2n) is 10.0. The Kier molecular flexibility index (Phi) is 8.62. The van der Waals surface area contributed by atoms with Crippen LogP contribution in [0.1, 0.15) is 61.4 Å². The van der Waals surface area contributed by atoms with Gasteiger partial charge >= 0.3 is 0 Å². The third-order valence-electron chi connectivity index (χ3n) is 7.17. The van der Waals surface area contributed by atoms with Crippen molar-refractivity contribution in [2.75, 3.05) is 36.4 Å². The number of carbonyl (C=O) groups excluding carboxylic acids is 3. The van der Waals surface area contributed by atoms with Crippen molar-refractivity contribution in [1.82, 2.24) is 10.2 Å². The Bertz CT molecular complexity index is 1060. The molecule has 2 heterocycles. The SMILES string of the molecule is CCCC(NC(=O)C1CCCN(C(=O)c2ccc(C)cc2)C1)C(=O)Nc1cccc(N2CCCC2)c1. The van der Waals surface area contributed by atoms with Crippen molar-refractivity contribution in [3.05, 3.63) is 59.7 Å². The van der Waals surface area contributed by atoms with Crippen LogP contribution >= 0.6 is 0 Å². The van der Waals surface area contributed by atoms with Gasteiger partial charge in [-0.1, -0.05) is 37.1 Å². The van der Waals surface area contributed by atoms with E-state index in [1.165, 1.54) is 12.8 Å². The number of carbonyl (C=O) groups is 3. The molecule has 0 radical (unpaired) electrons. The van der Waals surface area contributed by atoms with Crippen LogP contribution in [0.25, 0.3) is 0 Å². The Morgan fingerprint density at radius 1 is 1.00 bits per heavy atom. The highest BCUT2D eigenvalue weighted by atomic mass is 16.2. The lowest BCUT2D eigenvalue weighted by atomic mass is 9.95. The van der Waals surface area contributed by atoms with Gasteiger partial charge in [0.2, 0.25) is 11.8 Å². The highest BCUT2D eigenvalue weighted by Gasteiger charge is 2.31. The number of anilines is 2. The molecule has 2 aromatic rings. The number of nitrogens with one attached hydrogen (secondary N) is 2. The molecule has 0 bridgehead atoms. The van der Waals surface area contributed by atoms with E-state index in [0.29, 0.717) is 31.5 Å². The third kappa shape index (κ3) is 6.45. The highest BCUT2D eigenvalue weighted by molar-refractivity contribution is 5.98. The molecule has 0 spiro atoms. The molecule has 2 unspecified atom stereocenters. The van der Waals surface area contributed by atoms with E-state index in [1.54, 1.807) is 4.90 Å². The first-order chi connectivity index (χ1) is 17.4. The molecule has 192 valence electrons. The maximum absolute atomic E-state index is 13.2. The van der Waals surface area contributed by atoms with E-state index < -0.39 is 6.04 Å². The van der Waals surface area contributed by atoms with Crippen molar-refractivity contribution in [2.24, 2.45) is 5.92 Å². The van der Waals surface area contributed by atoms with Gasteiger partial charge in [-0.3, -0.25) is 14.4 Å². The second kappa shape index (κ2) is 12.1. The van der Waals surface area contributed by atoms with Gasteiger partial charge in [-0.15, -0.1) is 0 Å². The van der Waals surface area contributed by atoms with Crippen molar-refractivity contribution < 1.29 is 14.4 Å². The topological polar surface area (TPSA) is 81.8 Å². The highest BCUT2D eigenvalue weighted by Crippen LogP contribution is 2.24. The number of hydrogen-bond donors (Lipinski definition) is 2. The van der Waals surface area contributed by atoms with Gasteiger partial charge in [-0.05, 0) is 69.4 Å². The van der Waals surface area contributed by atoms with Crippen molar-refractivity contribution in [1.29, 1.82) is 0 Å². The molecule has 7 nitrogen and oxygen atoms in total. The van der Waals surface area contributed by atoms with Gasteiger partial charge in [0.1, 0.15) is 6.04 Å². The van der Waals surface area contributed by atoms with Gasteiger partial charge < -0.3 is 20.4 Å². The average Bonchev–Trinajstić information content (AvgIpc) is 3.44. The zero-order valence-corrected chi connectivity index (χ0v) is 21.5. The minimum absolute atomic E-state index is 0.0479. The summed E-state index contributed by atoms with van der Waals surface area (Å²) < 4.78 is 0. The van der Waals surface area contributed by atoms with E-state index in [9.17, 15) is 14.4 Å². The summed E-state index contributed by atoms with van der Waals surface area (Å²) in [5.74, 6) is -0.727. The lowest BCUT2D eigenvalue weighted by Gasteiger charge is -2.33. The van der Waals surface area contributed by atoms with Crippen LogP contribution in [0.4, 0.5) is 11.4 Å². The molecule has 2 N–H and O–H groups in total. The van der Waals surface area contributed by atoms with Gasteiger partial charge in [0.05, 0.1) is 5.92 Å². The molecule has 36 heavy (non-hydrogen) atoms. The fraction of sp³-hybridized carbons (Fsp3) is 0.483. The number of nitrogens with zero attached hydrogens (tertiary/aromatic N) is 2. The molecule has 0 saturated carbocycles. The molecule has 0 aromatic heterocycles. The normalized spacial score (nSPS) is 18.6. The molecule has 2 aromatic carbocycles. The van der Waals surface area contributed by atoms with E-state index in [1.807, 2.05) is 56.3 Å². The maximum Gasteiger partial charge on any atom is 0.253 e. The van der Waals surface area contributed by atoms with Gasteiger partial charge in [-0.25, -0.2) is 0 Å². The zero-order valence-electron chi connectivity index (χ0n) is 21.5. The maximum atomic E-state index is 13.2. The summed E-state index contributed by atoms with van der Waals surface area (Å²) in [7, 11) is 0. The van der Waals surface area contributed by atoms with E-state index >= 15 is 0 Å². The van der Waals surface area contributed by atoms with E-state index in [-0.39, 0.29) is 23.6 Å². The Hall–Kier alpha value is -3.35. The second-order valence-corrected chi connectivity index (χ2v) is 10.0. The monoisotopic (exact) mass is 490 g/mol. The van der Waals surface area contributed by atoms with Crippen LogP contribution in [0.5, 0.6) is 0 Å². The number of likely N-dealkylation sites (tertiary alicyclic amines) is 1. The van der Waals surface area contributed by atoms with Crippen LogP contribution in [-0.4, -0.2) is 54.8 Å². The average molecular weight is 491 g/mol. The third-order valence-corrected chi connectivity index (χ3v) is 7.17. The number of benzene rings is 2. The summed E-state index contributed by atoms with van der Waals surface area (Å²) in [6.45, 7) is 7.08. The van der Waals surface area contributed by atoms with Crippen LogP contribution in [0.2, 0.25) is 0 Å². The van der Waals surface area contributed by atoms with Crippen molar-refractivity contribution in [2.45, 2.75) is 58.4 Å². The van der Waals surface area contributed by atoms with Crippen molar-refractivity contribution in [3.8, 4) is 0 Å². The molecular weight excluding hydrogens is 452 g/mol. The van der Waals surface area contributed by atoms with Gasteiger partial charge in [0.25, 0.3) is 5.91 Å². The Morgan fingerprint density at radius 2 is 1.75 bits per heavy atom. The predicted octanol–water partition coefficient (Wildman–Crippen LogP) is 4.37. The quantitative estimate of drug-likeness (QED) is 0.576. The molecule has 4 rings (SSSR count). The standard InChI is InChI=1S/C29H38N4O3/c1-3-8-26(28(35)30-24-10-6-11-25(19-24)32-16-4-5-17-32)31-27(34)23-9-7-18-33(20-23)29(36)22-14-12-21(2)13-15-22/h6,10-15,19,23,26H,3-5,7-9,16-18,20H2,1-2H3,(H,30,35)(H,31,34). The summed E-state index contributed by atoms with van der Waals surface area (Å²) >= 11 is 0. The molecule has 7 heteroatoms. The molecule has 2 fully saturated rings. The minimum atomic E-state index is -0.610. The van der Waals surface area contributed by atoms with E-state index in [2.05, 4.69) is 21.6 Å². The summed E-state index contributed by atoms with van der Waals surface area (Å²) in [6.07, 6.45) is 5.19. The number of amides is 3. The smallest absolute Gasteiger partial charge is 0.253 e. The molecule has 2 saturated heterocycles. The summed E-state index contributed by atoms with van der Waals surface area (Å²) in [6, 6.07) is 14.8. The Labute approximate surface area is 214 Å². The van der Waals surface area contributed by atoms with Gasteiger partial charge in [0.15, 0.2) is 0 Å².